The largest absolute Gasteiger partial charge is 0.488 e. The number of nitrogens with one attached hydrogen (secondary N) is 1. The maximum Gasteiger partial charge on any atom is 0.260 e. The highest BCUT2D eigenvalue weighted by molar-refractivity contribution is 9.10. The van der Waals surface area contributed by atoms with Crippen LogP contribution in [0.5, 0.6) is 5.75 Å². The molecule has 0 spiro atoms. The van der Waals surface area contributed by atoms with Crippen molar-refractivity contribution < 1.29 is 9.53 Å². The van der Waals surface area contributed by atoms with Crippen LogP contribution in [-0.2, 0) is 17.9 Å². The highest BCUT2D eigenvalue weighted by Crippen LogP contribution is 2.23. The molecule has 0 saturated carbocycles. The molecule has 0 bridgehead atoms. The Morgan fingerprint density at radius 2 is 1.53 bits per heavy atom. The van der Waals surface area contributed by atoms with E-state index in [9.17, 15) is 9.59 Å². The lowest BCUT2D eigenvalue weighted by Gasteiger charge is -2.14. The second-order valence-corrected chi connectivity index (χ2v) is 9.11. The van der Waals surface area contributed by atoms with Crippen LogP contribution < -0.4 is 15.6 Å². The smallest absolute Gasteiger partial charge is 0.260 e. The monoisotopic (exact) mass is 539 g/mol. The summed E-state index contributed by atoms with van der Waals surface area (Å²) < 4.78 is 8.69. The van der Waals surface area contributed by atoms with Crippen molar-refractivity contribution in [2.45, 2.75) is 13.2 Å². The van der Waals surface area contributed by atoms with Crippen LogP contribution in [0.15, 0.2) is 111 Å². The van der Waals surface area contributed by atoms with Gasteiger partial charge in [0.1, 0.15) is 18.9 Å². The molecular formula is C29H22BrN3O3. The number of rotatable bonds is 7. The first-order chi connectivity index (χ1) is 17.6. The van der Waals surface area contributed by atoms with Crippen molar-refractivity contribution in [3.05, 3.63) is 123 Å². The minimum Gasteiger partial charge on any atom is -0.488 e. The molecule has 0 aliphatic rings. The lowest BCUT2D eigenvalue weighted by Crippen LogP contribution is -2.25. The summed E-state index contributed by atoms with van der Waals surface area (Å²) in [6.45, 7) is 0.427. The number of ether oxygens (including phenoxy) is 1. The molecule has 1 heterocycles. The number of amides is 1. The van der Waals surface area contributed by atoms with E-state index in [0.717, 1.165) is 15.6 Å². The normalized spacial score (nSPS) is 11.2. The number of benzene rings is 4. The van der Waals surface area contributed by atoms with Gasteiger partial charge in [-0.1, -0.05) is 70.5 Å². The van der Waals surface area contributed by atoms with Gasteiger partial charge in [0.2, 0.25) is 0 Å². The zero-order chi connectivity index (χ0) is 24.9. The zero-order valence-electron chi connectivity index (χ0n) is 19.2. The average molecular weight is 540 g/mol. The third kappa shape index (κ3) is 5.06. The number of hydrazone groups is 1. The topological polar surface area (TPSA) is 72.7 Å². The van der Waals surface area contributed by atoms with Gasteiger partial charge >= 0.3 is 0 Å². The number of hydrogen-bond acceptors (Lipinski definition) is 4. The predicted molar refractivity (Wildman–Crippen MR) is 146 cm³/mol. The number of carbonyl (C=O) groups excluding carboxylic acids is 1. The van der Waals surface area contributed by atoms with Gasteiger partial charge in [-0.3, -0.25) is 9.59 Å². The molecule has 1 N–H and O–H groups in total. The van der Waals surface area contributed by atoms with E-state index < -0.39 is 0 Å². The van der Waals surface area contributed by atoms with Crippen LogP contribution in [0, 0.1) is 0 Å². The molecule has 178 valence electrons. The van der Waals surface area contributed by atoms with Gasteiger partial charge < -0.3 is 9.30 Å². The van der Waals surface area contributed by atoms with Crippen molar-refractivity contribution in [2.75, 3.05) is 0 Å². The van der Waals surface area contributed by atoms with E-state index in [0.29, 0.717) is 34.2 Å². The SMILES string of the molecule is O=C(Cn1c2ccccc2c(=O)c2ccccc21)N/N=C\c1cc(Br)ccc1OCc1ccccc1. The van der Waals surface area contributed by atoms with Gasteiger partial charge in [-0.25, -0.2) is 5.43 Å². The number of para-hydroxylation sites is 2. The van der Waals surface area contributed by atoms with E-state index in [2.05, 4.69) is 26.5 Å². The fourth-order valence-electron chi connectivity index (χ4n) is 4.09. The van der Waals surface area contributed by atoms with Crippen LogP contribution in [0.4, 0.5) is 0 Å². The van der Waals surface area contributed by atoms with Crippen molar-refractivity contribution in [2.24, 2.45) is 5.10 Å². The molecule has 0 aliphatic heterocycles. The Morgan fingerprint density at radius 3 is 2.22 bits per heavy atom. The van der Waals surface area contributed by atoms with Gasteiger partial charge in [-0.05, 0) is 48.0 Å². The highest BCUT2D eigenvalue weighted by atomic mass is 79.9. The maximum absolute atomic E-state index is 12.9. The molecule has 0 atom stereocenters. The lowest BCUT2D eigenvalue weighted by molar-refractivity contribution is -0.121. The number of hydrogen-bond donors (Lipinski definition) is 1. The third-order valence-electron chi connectivity index (χ3n) is 5.78. The second-order valence-electron chi connectivity index (χ2n) is 8.20. The minimum absolute atomic E-state index is 0.00843. The summed E-state index contributed by atoms with van der Waals surface area (Å²) in [6.07, 6.45) is 1.56. The van der Waals surface area contributed by atoms with Gasteiger partial charge in [-0.2, -0.15) is 5.10 Å². The second kappa shape index (κ2) is 10.6. The Hall–Kier alpha value is -4.23. The molecule has 0 fully saturated rings. The fraction of sp³-hybridized carbons (Fsp3) is 0.0690. The van der Waals surface area contributed by atoms with Gasteiger partial charge in [0.25, 0.3) is 5.91 Å². The number of pyridine rings is 1. The summed E-state index contributed by atoms with van der Waals surface area (Å²) in [6, 6.07) is 30.1. The van der Waals surface area contributed by atoms with Gasteiger partial charge in [0, 0.05) is 20.8 Å². The van der Waals surface area contributed by atoms with Crippen molar-refractivity contribution in [1.82, 2.24) is 9.99 Å². The summed E-state index contributed by atoms with van der Waals surface area (Å²) in [5.41, 5.74) is 5.73. The number of halogens is 1. The highest BCUT2D eigenvalue weighted by Gasteiger charge is 2.12. The summed E-state index contributed by atoms with van der Waals surface area (Å²) >= 11 is 3.48. The molecule has 4 aromatic carbocycles. The third-order valence-corrected chi connectivity index (χ3v) is 6.28. The Bertz CT molecular complexity index is 1590. The average Bonchev–Trinajstić information content (AvgIpc) is 2.91. The molecule has 0 saturated heterocycles. The van der Waals surface area contributed by atoms with Crippen LogP contribution in [0.25, 0.3) is 21.8 Å². The standard InChI is InChI=1S/C29H22BrN3O3/c30-22-14-15-27(36-19-20-8-2-1-3-9-20)21(16-22)17-31-32-28(34)18-33-25-12-6-4-10-23(25)29(35)24-11-5-7-13-26(24)33/h1-17H,18-19H2,(H,32,34)/b31-17-. The predicted octanol–water partition coefficient (Wildman–Crippen LogP) is 5.65. The van der Waals surface area contributed by atoms with Crippen LogP contribution in [0.2, 0.25) is 0 Å². The number of fused-ring (bicyclic) bond motifs is 2. The molecule has 0 radical (unpaired) electrons. The molecule has 5 aromatic rings. The summed E-state index contributed by atoms with van der Waals surface area (Å²) in [5, 5.41) is 5.31. The molecule has 1 aromatic heterocycles. The quantitative estimate of drug-likeness (QED) is 0.165. The Balaban J connectivity index is 1.36. The number of carbonyl (C=O) groups is 1. The van der Waals surface area contributed by atoms with Gasteiger partial charge in [-0.15, -0.1) is 0 Å². The Kier molecular flexibility index (Phi) is 6.91. The van der Waals surface area contributed by atoms with Crippen LogP contribution >= 0.6 is 15.9 Å². The van der Waals surface area contributed by atoms with E-state index in [1.807, 2.05) is 89.5 Å². The summed E-state index contributed by atoms with van der Waals surface area (Å²) in [4.78, 5) is 25.8. The van der Waals surface area contributed by atoms with Crippen molar-refractivity contribution >= 4 is 49.9 Å². The Labute approximate surface area is 216 Å². The molecule has 0 aliphatic carbocycles. The molecule has 36 heavy (non-hydrogen) atoms. The van der Waals surface area contributed by atoms with Crippen molar-refractivity contribution in [3.8, 4) is 5.75 Å². The Morgan fingerprint density at radius 1 is 0.889 bits per heavy atom. The van der Waals surface area contributed by atoms with Crippen LogP contribution in [0.1, 0.15) is 11.1 Å². The molecule has 0 unspecified atom stereocenters. The molecule has 6 nitrogen and oxygen atoms in total. The van der Waals surface area contributed by atoms with Gasteiger partial charge in [0.05, 0.1) is 17.2 Å². The zero-order valence-corrected chi connectivity index (χ0v) is 20.8. The van der Waals surface area contributed by atoms with Gasteiger partial charge in [0.15, 0.2) is 5.43 Å². The van der Waals surface area contributed by atoms with E-state index in [-0.39, 0.29) is 17.9 Å². The lowest BCUT2D eigenvalue weighted by atomic mass is 10.1. The molecule has 7 heteroatoms. The van der Waals surface area contributed by atoms with E-state index in [1.54, 1.807) is 18.3 Å². The maximum atomic E-state index is 12.9. The summed E-state index contributed by atoms with van der Waals surface area (Å²) in [7, 11) is 0. The van der Waals surface area contributed by atoms with E-state index in [4.69, 9.17) is 4.74 Å². The first kappa shape index (κ1) is 23.5. The first-order valence-corrected chi connectivity index (χ1v) is 12.2. The number of nitrogens with zero attached hydrogens (tertiary/aromatic N) is 2. The fourth-order valence-corrected chi connectivity index (χ4v) is 4.47. The van der Waals surface area contributed by atoms with E-state index >= 15 is 0 Å². The minimum atomic E-state index is -0.313. The van der Waals surface area contributed by atoms with E-state index in [1.165, 1.54) is 0 Å². The number of aromatic nitrogens is 1. The molecule has 1 amide bonds. The van der Waals surface area contributed by atoms with Crippen LogP contribution in [0.3, 0.4) is 0 Å². The van der Waals surface area contributed by atoms with Crippen LogP contribution in [-0.4, -0.2) is 16.7 Å². The van der Waals surface area contributed by atoms with Crippen molar-refractivity contribution in [1.29, 1.82) is 0 Å². The summed E-state index contributed by atoms with van der Waals surface area (Å²) in [5.74, 6) is 0.337. The molecular weight excluding hydrogens is 518 g/mol. The van der Waals surface area contributed by atoms with Crippen molar-refractivity contribution in [3.63, 3.8) is 0 Å². The first-order valence-electron chi connectivity index (χ1n) is 11.4. The molecule has 5 rings (SSSR count).